The number of anilines is 1. The highest BCUT2D eigenvalue weighted by Crippen LogP contribution is 2.48. The highest BCUT2D eigenvalue weighted by atomic mass is 19.1. The number of carbonyl (C=O) groups excluding carboxylic acids is 1. The molecule has 3 heterocycles. The lowest BCUT2D eigenvalue weighted by atomic mass is 9.64. The number of nitriles is 1. The standard InChI is InChI=1S/C20H24FN5O3/c1-3-20(6-4-7-20)18-13(9-22)17(21)15-10-23-19(25-26(15)18)24-14-5-8-28-11-16(14)29-12(2)27/h10,14,16H,3-8,11H2,1-2H3,(H,24,25)/t14-,16-/m1/s1. The summed E-state index contributed by atoms with van der Waals surface area (Å²) in [7, 11) is 0. The van der Waals surface area contributed by atoms with Crippen molar-refractivity contribution in [3.63, 3.8) is 0 Å². The minimum Gasteiger partial charge on any atom is -0.458 e. The quantitative estimate of drug-likeness (QED) is 0.769. The van der Waals surface area contributed by atoms with E-state index in [4.69, 9.17) is 9.47 Å². The SMILES string of the molecule is CCC1(c2c(C#N)c(F)c3cnc(N[C@@H]4CCOC[C@H]4OC(C)=O)nn23)CCC1. The molecule has 0 bridgehead atoms. The van der Waals surface area contributed by atoms with Crippen molar-refractivity contribution < 1.29 is 18.7 Å². The molecule has 9 heteroatoms. The molecule has 2 aromatic rings. The normalized spacial score (nSPS) is 23.2. The van der Waals surface area contributed by atoms with Gasteiger partial charge in [0.05, 0.1) is 24.5 Å². The Morgan fingerprint density at radius 1 is 1.55 bits per heavy atom. The molecular formula is C20H24FN5O3. The van der Waals surface area contributed by atoms with Gasteiger partial charge in [-0.25, -0.2) is 13.9 Å². The number of hydrogen-bond donors (Lipinski definition) is 1. The monoisotopic (exact) mass is 401 g/mol. The average molecular weight is 401 g/mol. The maximum Gasteiger partial charge on any atom is 0.303 e. The van der Waals surface area contributed by atoms with Gasteiger partial charge in [0.1, 0.15) is 23.3 Å². The van der Waals surface area contributed by atoms with Crippen molar-refractivity contribution in [1.82, 2.24) is 14.6 Å². The number of aromatic nitrogens is 3. The lowest BCUT2D eigenvalue weighted by Gasteiger charge is -2.41. The van der Waals surface area contributed by atoms with Crippen LogP contribution in [0.5, 0.6) is 0 Å². The Labute approximate surface area is 168 Å². The number of nitrogens with zero attached hydrogens (tertiary/aromatic N) is 4. The van der Waals surface area contributed by atoms with Crippen molar-refractivity contribution in [3.05, 3.63) is 23.3 Å². The van der Waals surface area contributed by atoms with Crippen molar-refractivity contribution in [2.45, 2.75) is 63.5 Å². The third-order valence-corrected chi connectivity index (χ3v) is 6.16. The number of esters is 1. The van der Waals surface area contributed by atoms with E-state index in [-0.39, 0.29) is 28.5 Å². The van der Waals surface area contributed by atoms with Crippen LogP contribution in [0, 0.1) is 17.1 Å². The van der Waals surface area contributed by atoms with Crippen molar-refractivity contribution >= 4 is 17.4 Å². The van der Waals surface area contributed by atoms with Crippen LogP contribution < -0.4 is 5.32 Å². The van der Waals surface area contributed by atoms with Crippen LogP contribution in [-0.2, 0) is 19.7 Å². The van der Waals surface area contributed by atoms with Gasteiger partial charge in [-0.3, -0.25) is 4.79 Å². The summed E-state index contributed by atoms with van der Waals surface area (Å²) in [6, 6.07) is 1.82. The number of hydrogen-bond acceptors (Lipinski definition) is 7. The smallest absolute Gasteiger partial charge is 0.303 e. The zero-order valence-electron chi connectivity index (χ0n) is 16.6. The first kappa shape index (κ1) is 19.6. The van der Waals surface area contributed by atoms with Gasteiger partial charge >= 0.3 is 5.97 Å². The third kappa shape index (κ3) is 3.31. The van der Waals surface area contributed by atoms with Gasteiger partial charge in [0.25, 0.3) is 0 Å². The van der Waals surface area contributed by atoms with E-state index in [0.29, 0.717) is 31.3 Å². The number of carbonyl (C=O) groups is 1. The van der Waals surface area contributed by atoms with E-state index < -0.39 is 11.9 Å². The van der Waals surface area contributed by atoms with Crippen LogP contribution >= 0.6 is 0 Å². The zero-order chi connectivity index (χ0) is 20.6. The largest absolute Gasteiger partial charge is 0.458 e. The minimum atomic E-state index is -0.572. The molecule has 1 N–H and O–H groups in total. The Morgan fingerprint density at radius 2 is 2.34 bits per heavy atom. The van der Waals surface area contributed by atoms with Crippen LogP contribution in [-0.4, -0.2) is 45.9 Å². The van der Waals surface area contributed by atoms with Crippen molar-refractivity contribution in [2.75, 3.05) is 18.5 Å². The number of halogens is 1. The fourth-order valence-electron chi connectivity index (χ4n) is 4.40. The molecule has 154 valence electrons. The zero-order valence-corrected chi connectivity index (χ0v) is 16.6. The maximum absolute atomic E-state index is 14.9. The van der Waals surface area contributed by atoms with Gasteiger partial charge in [0.2, 0.25) is 5.95 Å². The molecule has 8 nitrogen and oxygen atoms in total. The topological polar surface area (TPSA) is 102 Å². The maximum atomic E-state index is 14.9. The molecule has 2 atom stereocenters. The highest BCUT2D eigenvalue weighted by Gasteiger charge is 2.43. The Bertz CT molecular complexity index is 973. The number of nitrogens with one attached hydrogen (secondary N) is 1. The summed E-state index contributed by atoms with van der Waals surface area (Å²) >= 11 is 0. The summed E-state index contributed by atoms with van der Waals surface area (Å²) in [5, 5.41) is 17.3. The van der Waals surface area contributed by atoms with Gasteiger partial charge in [0, 0.05) is 18.9 Å². The van der Waals surface area contributed by atoms with Gasteiger partial charge in [-0.05, 0) is 25.7 Å². The highest BCUT2D eigenvalue weighted by molar-refractivity contribution is 5.66. The molecule has 1 saturated carbocycles. The van der Waals surface area contributed by atoms with Crippen molar-refractivity contribution in [3.8, 4) is 6.07 Å². The first-order chi connectivity index (χ1) is 14.0. The van der Waals surface area contributed by atoms with E-state index in [1.54, 1.807) is 0 Å². The number of fused-ring (bicyclic) bond motifs is 1. The second-order valence-electron chi connectivity index (χ2n) is 7.78. The lowest BCUT2D eigenvalue weighted by Crippen LogP contribution is -2.45. The molecule has 4 rings (SSSR count). The van der Waals surface area contributed by atoms with Gasteiger partial charge in [0.15, 0.2) is 5.82 Å². The Hall–Kier alpha value is -2.73. The van der Waals surface area contributed by atoms with E-state index in [1.165, 1.54) is 17.6 Å². The number of ether oxygens (including phenoxy) is 2. The van der Waals surface area contributed by atoms with Crippen LogP contribution in [0.15, 0.2) is 6.20 Å². The molecule has 0 radical (unpaired) electrons. The molecule has 1 aliphatic carbocycles. The first-order valence-electron chi connectivity index (χ1n) is 9.98. The van der Waals surface area contributed by atoms with E-state index in [2.05, 4.69) is 22.3 Å². The molecule has 0 unspecified atom stereocenters. The van der Waals surface area contributed by atoms with Crippen LogP contribution in [0.2, 0.25) is 0 Å². The minimum absolute atomic E-state index is 0.0573. The predicted octanol–water partition coefficient (Wildman–Crippen LogP) is 2.70. The first-order valence-corrected chi connectivity index (χ1v) is 9.98. The molecule has 2 aromatic heterocycles. The molecule has 0 amide bonds. The lowest BCUT2D eigenvalue weighted by molar-refractivity contribution is -0.153. The molecule has 2 fully saturated rings. The summed E-state index contributed by atoms with van der Waals surface area (Å²) < 4.78 is 27.2. The summed E-state index contributed by atoms with van der Waals surface area (Å²) in [4.78, 5) is 15.6. The molecule has 29 heavy (non-hydrogen) atoms. The Balaban J connectivity index is 1.72. The van der Waals surface area contributed by atoms with Gasteiger partial charge in [-0.2, -0.15) is 5.26 Å². The molecular weight excluding hydrogens is 377 g/mol. The van der Waals surface area contributed by atoms with E-state index >= 15 is 0 Å². The van der Waals surface area contributed by atoms with Gasteiger partial charge in [-0.1, -0.05) is 13.3 Å². The molecule has 0 spiro atoms. The summed E-state index contributed by atoms with van der Waals surface area (Å²) in [6.45, 7) is 4.23. The summed E-state index contributed by atoms with van der Waals surface area (Å²) in [5.74, 6) is -0.655. The predicted molar refractivity (Wildman–Crippen MR) is 102 cm³/mol. The van der Waals surface area contributed by atoms with E-state index in [1.807, 2.05) is 6.07 Å². The summed E-state index contributed by atoms with van der Waals surface area (Å²) in [5.41, 5.74) is 0.658. The second kappa shape index (κ2) is 7.59. The molecule has 0 aromatic carbocycles. The molecule has 1 aliphatic heterocycles. The average Bonchev–Trinajstić information content (AvgIpc) is 2.94. The Kier molecular flexibility index (Phi) is 5.13. The van der Waals surface area contributed by atoms with E-state index in [0.717, 1.165) is 25.7 Å². The number of rotatable bonds is 5. The fourth-order valence-corrected chi connectivity index (χ4v) is 4.40. The fraction of sp³-hybridized carbons (Fsp3) is 0.600. The Morgan fingerprint density at radius 3 is 2.97 bits per heavy atom. The van der Waals surface area contributed by atoms with Crippen LogP contribution in [0.4, 0.5) is 10.3 Å². The second-order valence-corrected chi connectivity index (χ2v) is 7.78. The summed E-state index contributed by atoms with van der Waals surface area (Å²) in [6.07, 6.45) is 5.25. The van der Waals surface area contributed by atoms with Gasteiger partial charge in [-0.15, -0.1) is 5.10 Å². The molecule has 1 saturated heterocycles. The van der Waals surface area contributed by atoms with E-state index in [9.17, 15) is 14.4 Å². The third-order valence-electron chi connectivity index (χ3n) is 6.16. The van der Waals surface area contributed by atoms with Crippen molar-refractivity contribution in [2.24, 2.45) is 0 Å². The van der Waals surface area contributed by atoms with Gasteiger partial charge < -0.3 is 14.8 Å². The van der Waals surface area contributed by atoms with Crippen LogP contribution in [0.3, 0.4) is 0 Å². The van der Waals surface area contributed by atoms with Crippen molar-refractivity contribution in [1.29, 1.82) is 5.26 Å². The molecule has 2 aliphatic rings. The van der Waals surface area contributed by atoms with Crippen LogP contribution in [0.25, 0.3) is 5.52 Å². The van der Waals surface area contributed by atoms with Crippen LogP contribution in [0.1, 0.15) is 57.2 Å².